The van der Waals surface area contributed by atoms with Crippen molar-refractivity contribution in [2.24, 2.45) is 0 Å². The van der Waals surface area contributed by atoms with Crippen LogP contribution in [0.4, 0.5) is 0 Å². The van der Waals surface area contributed by atoms with Crippen LogP contribution in [0.15, 0.2) is 164 Å². The van der Waals surface area contributed by atoms with Gasteiger partial charge in [0.1, 0.15) is 4.83 Å². The molecular formula is C50H27N5S. The number of hydrogen-bond donors (Lipinski definition) is 0. The number of fused-ring (bicyclic) bond motifs is 18. The summed E-state index contributed by atoms with van der Waals surface area (Å²) in [5.74, 6) is 1.56. The second kappa shape index (κ2) is 10.3. The van der Waals surface area contributed by atoms with Gasteiger partial charge in [-0.1, -0.05) is 121 Å². The first kappa shape index (κ1) is 29.1. The van der Waals surface area contributed by atoms with Crippen LogP contribution in [-0.2, 0) is 0 Å². The van der Waals surface area contributed by atoms with Gasteiger partial charge in [0.25, 0.3) is 0 Å². The normalized spacial score (nSPS) is 12.6. The molecule has 14 aromatic rings. The Balaban J connectivity index is 1.24. The quantitative estimate of drug-likeness (QED) is 0.178. The molecule has 14 rings (SSSR count). The highest BCUT2D eigenvalue weighted by atomic mass is 32.1. The van der Waals surface area contributed by atoms with Crippen molar-refractivity contribution in [1.82, 2.24) is 23.5 Å². The number of benzene rings is 8. The lowest BCUT2D eigenvalue weighted by atomic mass is 9.99. The van der Waals surface area contributed by atoms with Crippen molar-refractivity contribution >= 4 is 124 Å². The van der Waals surface area contributed by atoms with Crippen LogP contribution in [-0.4, -0.2) is 23.5 Å². The van der Waals surface area contributed by atoms with Crippen molar-refractivity contribution in [3.05, 3.63) is 164 Å². The topological polar surface area (TPSA) is 40.0 Å². The fourth-order valence-corrected chi connectivity index (χ4v) is 11.1. The Kier molecular flexibility index (Phi) is 5.34. The average Bonchev–Trinajstić information content (AvgIpc) is 4.05. The van der Waals surface area contributed by atoms with Gasteiger partial charge >= 0.3 is 0 Å². The summed E-state index contributed by atoms with van der Waals surface area (Å²) >= 11 is 1.74. The molecule has 0 bridgehead atoms. The minimum Gasteiger partial charge on any atom is -0.308 e. The van der Waals surface area contributed by atoms with E-state index in [4.69, 9.17) is 9.97 Å². The summed E-state index contributed by atoms with van der Waals surface area (Å²) in [6.07, 6.45) is 0. The number of hydrogen-bond acceptors (Lipinski definition) is 3. The summed E-state index contributed by atoms with van der Waals surface area (Å²) in [6.45, 7) is 0. The highest BCUT2D eigenvalue weighted by Crippen LogP contribution is 2.48. The number of thiophene rings is 1. The minimum absolute atomic E-state index is 0.665. The smallest absolute Gasteiger partial charge is 0.238 e. The third kappa shape index (κ3) is 3.47. The molecule has 0 aliphatic carbocycles. The molecule has 0 unspecified atom stereocenters. The van der Waals surface area contributed by atoms with Crippen molar-refractivity contribution in [2.45, 2.75) is 0 Å². The van der Waals surface area contributed by atoms with Crippen LogP contribution in [0.2, 0.25) is 0 Å². The van der Waals surface area contributed by atoms with E-state index in [2.05, 4.69) is 177 Å². The van der Waals surface area contributed by atoms with Crippen LogP contribution in [0.25, 0.3) is 125 Å². The van der Waals surface area contributed by atoms with Gasteiger partial charge in [-0.3, -0.25) is 9.13 Å². The summed E-state index contributed by atoms with van der Waals surface area (Å²) in [4.78, 5) is 12.3. The van der Waals surface area contributed by atoms with Crippen LogP contribution in [0.3, 0.4) is 0 Å². The molecule has 0 fully saturated rings. The predicted octanol–water partition coefficient (Wildman–Crippen LogP) is 13.3. The summed E-state index contributed by atoms with van der Waals surface area (Å²) in [5, 5.41) is 14.6. The molecular weight excluding hydrogens is 703 g/mol. The minimum atomic E-state index is 0.665. The fraction of sp³-hybridized carbons (Fsp3) is 0. The lowest BCUT2D eigenvalue weighted by Crippen LogP contribution is -2.06. The van der Waals surface area contributed by atoms with E-state index in [1.807, 2.05) is 0 Å². The molecule has 0 atom stereocenters. The Morgan fingerprint density at radius 1 is 0.375 bits per heavy atom. The molecule has 0 aliphatic heterocycles. The van der Waals surface area contributed by atoms with E-state index >= 15 is 0 Å². The van der Waals surface area contributed by atoms with E-state index in [-0.39, 0.29) is 0 Å². The van der Waals surface area contributed by atoms with Gasteiger partial charge in [0.2, 0.25) is 5.95 Å². The molecule has 0 spiro atoms. The Bertz CT molecular complexity index is 3960. The average molecular weight is 730 g/mol. The standard InChI is InChI=1S/C50H27N5S/c1-2-14-29-28(13-1)25-26-40-43(29)46-41(27-35-32-17-5-8-20-36(32)53-39-23-11-6-18-33(39)44(46)47(35)53)55(40)50-51-48(45-34-19-7-12-24-42(34)56-49(45)52-50)54-37-21-9-3-15-30(37)31-16-4-10-22-38(31)54/h1-27H. The first-order valence-electron chi connectivity index (χ1n) is 19.0. The number of aromatic nitrogens is 5. The Labute approximate surface area is 321 Å². The molecule has 258 valence electrons. The molecule has 6 heterocycles. The summed E-state index contributed by atoms with van der Waals surface area (Å²) < 4.78 is 8.38. The van der Waals surface area contributed by atoms with Gasteiger partial charge < -0.3 is 4.40 Å². The number of nitrogens with zero attached hydrogens (tertiary/aromatic N) is 5. The molecule has 0 amide bonds. The second-order valence-electron chi connectivity index (χ2n) is 14.9. The molecule has 56 heavy (non-hydrogen) atoms. The molecule has 6 heteroatoms. The van der Waals surface area contributed by atoms with Gasteiger partial charge in [-0.15, -0.1) is 11.3 Å². The van der Waals surface area contributed by atoms with Gasteiger partial charge in [-0.05, 0) is 53.2 Å². The van der Waals surface area contributed by atoms with Crippen LogP contribution < -0.4 is 0 Å². The summed E-state index contributed by atoms with van der Waals surface area (Å²) in [7, 11) is 0. The van der Waals surface area contributed by atoms with Gasteiger partial charge in [-0.25, -0.2) is 4.98 Å². The Morgan fingerprint density at radius 3 is 1.71 bits per heavy atom. The van der Waals surface area contributed by atoms with Crippen LogP contribution in [0, 0.1) is 0 Å². The summed E-state index contributed by atoms with van der Waals surface area (Å²) in [5.41, 5.74) is 8.16. The maximum Gasteiger partial charge on any atom is 0.238 e. The van der Waals surface area contributed by atoms with Crippen molar-refractivity contribution < 1.29 is 0 Å². The zero-order chi connectivity index (χ0) is 36.2. The maximum absolute atomic E-state index is 5.75. The number of para-hydroxylation sites is 4. The van der Waals surface area contributed by atoms with E-state index in [1.165, 1.54) is 80.5 Å². The van der Waals surface area contributed by atoms with E-state index in [1.54, 1.807) is 11.3 Å². The first-order valence-corrected chi connectivity index (χ1v) is 19.8. The van der Waals surface area contributed by atoms with E-state index in [9.17, 15) is 0 Å². The van der Waals surface area contributed by atoms with Crippen LogP contribution >= 0.6 is 11.3 Å². The predicted molar refractivity (Wildman–Crippen MR) is 236 cm³/mol. The molecule has 6 aromatic heterocycles. The molecule has 0 aliphatic rings. The molecule has 8 aromatic carbocycles. The largest absolute Gasteiger partial charge is 0.308 e. The molecule has 0 saturated heterocycles. The molecule has 0 radical (unpaired) electrons. The second-order valence-corrected chi connectivity index (χ2v) is 16.0. The highest BCUT2D eigenvalue weighted by Gasteiger charge is 2.27. The van der Waals surface area contributed by atoms with Crippen LogP contribution in [0.1, 0.15) is 0 Å². The van der Waals surface area contributed by atoms with Gasteiger partial charge in [0.15, 0.2) is 5.82 Å². The van der Waals surface area contributed by atoms with E-state index in [0.29, 0.717) is 5.95 Å². The third-order valence-electron chi connectivity index (χ3n) is 12.2. The first-order chi connectivity index (χ1) is 27.8. The highest BCUT2D eigenvalue weighted by molar-refractivity contribution is 7.25. The molecule has 0 N–H and O–H groups in total. The monoisotopic (exact) mass is 729 g/mol. The van der Waals surface area contributed by atoms with E-state index < -0.39 is 0 Å². The lowest BCUT2D eigenvalue weighted by molar-refractivity contribution is 0.977. The zero-order valence-electron chi connectivity index (χ0n) is 29.7. The Hall–Kier alpha value is -7.28. The van der Waals surface area contributed by atoms with Crippen molar-refractivity contribution in [3.8, 4) is 11.8 Å². The molecule has 0 saturated carbocycles. The Morgan fingerprint density at radius 2 is 0.964 bits per heavy atom. The SMILES string of the molecule is c1ccc2c(c1)ccc1c2c2c3c4ccccc4n4c5ccccc5c(cc2n1-c1nc(-n2c5ccccc5c5ccccc52)c2c(n1)sc1ccccc12)c34. The lowest BCUT2D eigenvalue weighted by Gasteiger charge is -2.13. The number of rotatable bonds is 2. The van der Waals surface area contributed by atoms with Gasteiger partial charge in [0, 0.05) is 53.2 Å². The van der Waals surface area contributed by atoms with Crippen molar-refractivity contribution in [3.63, 3.8) is 0 Å². The van der Waals surface area contributed by atoms with Crippen molar-refractivity contribution in [2.75, 3.05) is 0 Å². The summed E-state index contributed by atoms with van der Waals surface area (Å²) in [6, 6.07) is 59.5. The van der Waals surface area contributed by atoms with Gasteiger partial charge in [0.05, 0.1) is 44.0 Å². The maximum atomic E-state index is 5.75. The third-order valence-corrected chi connectivity index (χ3v) is 13.3. The molecule has 5 nitrogen and oxygen atoms in total. The zero-order valence-corrected chi connectivity index (χ0v) is 30.5. The van der Waals surface area contributed by atoms with Crippen molar-refractivity contribution in [1.29, 1.82) is 0 Å². The van der Waals surface area contributed by atoms with Gasteiger partial charge in [-0.2, -0.15) is 4.98 Å². The van der Waals surface area contributed by atoms with E-state index in [0.717, 1.165) is 38.1 Å². The fourth-order valence-electron chi connectivity index (χ4n) is 10.00. The van der Waals surface area contributed by atoms with Crippen LogP contribution in [0.5, 0.6) is 0 Å².